The predicted octanol–water partition coefficient (Wildman–Crippen LogP) is -1.59. The Kier molecular flexibility index (Phi) is 5.44. The van der Waals surface area contributed by atoms with Gasteiger partial charge in [0.15, 0.2) is 24.8 Å². The van der Waals surface area contributed by atoms with Crippen LogP contribution in [-0.2, 0) is 19.7 Å². The Morgan fingerprint density at radius 3 is 2.05 bits per heavy atom. The van der Waals surface area contributed by atoms with Gasteiger partial charge in [0.25, 0.3) is 0 Å². The van der Waals surface area contributed by atoms with Crippen LogP contribution in [0, 0.1) is 0 Å². The van der Waals surface area contributed by atoms with E-state index >= 15 is 0 Å². The molecule has 7 nitrogen and oxygen atoms in total. The van der Waals surface area contributed by atoms with Gasteiger partial charge in [0.1, 0.15) is 0 Å². The van der Waals surface area contributed by atoms with Crippen LogP contribution in [-0.4, -0.2) is 70.1 Å². The first kappa shape index (κ1) is 16.9. The first-order chi connectivity index (χ1) is 9.76. The second-order valence-corrected chi connectivity index (χ2v) is 10.4. The molecule has 2 rings (SSSR count). The Balaban J connectivity index is 1.58. The quantitative estimate of drug-likeness (QED) is 0.401. The van der Waals surface area contributed by atoms with Gasteiger partial charge < -0.3 is 16.0 Å². The van der Waals surface area contributed by atoms with E-state index in [1.54, 1.807) is 0 Å². The van der Waals surface area contributed by atoms with Gasteiger partial charge in [0, 0.05) is 25.2 Å². The van der Waals surface area contributed by atoms with Crippen LogP contribution in [0.25, 0.3) is 0 Å². The molecule has 0 aliphatic carbocycles. The van der Waals surface area contributed by atoms with Crippen molar-refractivity contribution in [3.05, 3.63) is 0 Å². The van der Waals surface area contributed by atoms with Crippen molar-refractivity contribution in [1.29, 1.82) is 0 Å². The van der Waals surface area contributed by atoms with Crippen molar-refractivity contribution in [1.82, 2.24) is 16.0 Å². The fourth-order valence-corrected chi connectivity index (χ4v) is 6.20. The number of hydrogen-bond acceptors (Lipinski definition) is 6. The maximum Gasteiger partial charge on any atom is 0.166 e. The molecule has 0 amide bonds. The van der Waals surface area contributed by atoms with Gasteiger partial charge in [-0.1, -0.05) is 0 Å². The maximum atomic E-state index is 11.3. The van der Waals surface area contributed by atoms with Crippen molar-refractivity contribution in [2.24, 2.45) is 0 Å². The van der Waals surface area contributed by atoms with Crippen LogP contribution >= 0.6 is 12.2 Å². The van der Waals surface area contributed by atoms with Crippen molar-refractivity contribution in [3.8, 4) is 0 Å². The smallest absolute Gasteiger partial charge is 0.166 e. The number of sulfone groups is 2. The molecule has 21 heavy (non-hydrogen) atoms. The Labute approximate surface area is 131 Å². The molecule has 2 atom stereocenters. The van der Waals surface area contributed by atoms with Crippen LogP contribution < -0.4 is 16.0 Å². The summed E-state index contributed by atoms with van der Waals surface area (Å²) in [4.78, 5) is 0. The van der Waals surface area contributed by atoms with Gasteiger partial charge in [0.2, 0.25) is 0 Å². The Bertz CT molecular complexity index is 588. The molecule has 2 saturated heterocycles. The van der Waals surface area contributed by atoms with Crippen molar-refractivity contribution in [3.63, 3.8) is 0 Å². The summed E-state index contributed by atoms with van der Waals surface area (Å²) >= 11 is 5.11. The summed E-state index contributed by atoms with van der Waals surface area (Å²) in [6.45, 7) is 1.19. The summed E-state index contributed by atoms with van der Waals surface area (Å²) in [6.07, 6.45) is 1.24. The van der Waals surface area contributed by atoms with E-state index < -0.39 is 19.7 Å². The Morgan fingerprint density at radius 2 is 1.52 bits per heavy atom. The highest BCUT2D eigenvalue weighted by Crippen LogP contribution is 2.11. The average Bonchev–Trinajstić information content (AvgIpc) is 2.87. The number of thiocarbonyl (C=S) groups is 1. The third kappa shape index (κ3) is 5.68. The lowest BCUT2D eigenvalue weighted by atomic mass is 10.2. The van der Waals surface area contributed by atoms with Gasteiger partial charge in [-0.3, -0.25) is 0 Å². The fourth-order valence-electron chi connectivity index (χ4n) is 2.55. The van der Waals surface area contributed by atoms with E-state index in [9.17, 15) is 16.8 Å². The SMILES string of the molecule is O=S1(=O)CC[C@@H](NCCNC(=S)N[C@@H]2CCS(=O)(=O)C2)C1. The summed E-state index contributed by atoms with van der Waals surface area (Å²) in [5, 5.41) is 9.61. The minimum absolute atomic E-state index is 0.0262. The normalized spacial score (nSPS) is 30.1. The summed E-state index contributed by atoms with van der Waals surface area (Å²) in [5.74, 6) is 0.807. The minimum Gasteiger partial charge on any atom is -0.361 e. The summed E-state index contributed by atoms with van der Waals surface area (Å²) in [7, 11) is -5.76. The molecule has 122 valence electrons. The first-order valence-corrected chi connectivity index (χ1v) is 11.0. The monoisotopic (exact) mass is 355 g/mol. The third-order valence-corrected chi connectivity index (χ3v) is 7.44. The van der Waals surface area contributed by atoms with Crippen LogP contribution in [0.15, 0.2) is 0 Å². The molecule has 2 heterocycles. The Hall–Kier alpha value is -0.450. The van der Waals surface area contributed by atoms with Crippen molar-refractivity contribution in [2.75, 3.05) is 36.1 Å². The highest BCUT2D eigenvalue weighted by molar-refractivity contribution is 7.92. The van der Waals surface area contributed by atoms with Crippen LogP contribution in [0.1, 0.15) is 12.8 Å². The standard InChI is InChI=1S/C11H21N3O4S3/c15-20(16)5-1-9(7-20)12-3-4-13-11(19)14-10-2-6-21(17,18)8-10/h9-10,12H,1-8H2,(H2,13,14,19)/t9-,10-/m1/s1. The second kappa shape index (κ2) is 6.76. The number of rotatable bonds is 5. The lowest BCUT2D eigenvalue weighted by Crippen LogP contribution is -2.45. The van der Waals surface area contributed by atoms with E-state index in [0.717, 1.165) is 0 Å². The van der Waals surface area contributed by atoms with Crippen molar-refractivity contribution < 1.29 is 16.8 Å². The zero-order chi connectivity index (χ0) is 15.5. The van der Waals surface area contributed by atoms with E-state index in [4.69, 9.17) is 12.2 Å². The molecule has 3 N–H and O–H groups in total. The molecule has 2 aliphatic heterocycles. The fraction of sp³-hybridized carbons (Fsp3) is 0.909. The van der Waals surface area contributed by atoms with Crippen LogP contribution in [0.4, 0.5) is 0 Å². The average molecular weight is 356 g/mol. The lowest BCUT2D eigenvalue weighted by molar-refractivity contribution is 0.550. The molecular weight excluding hydrogens is 334 g/mol. The molecule has 0 aromatic heterocycles. The molecule has 0 spiro atoms. The molecule has 2 fully saturated rings. The molecule has 2 aliphatic rings. The summed E-state index contributed by atoms with van der Waals surface area (Å²) in [5.41, 5.74) is 0. The molecule has 10 heteroatoms. The number of nitrogens with one attached hydrogen (secondary N) is 3. The minimum atomic E-state index is -2.91. The first-order valence-electron chi connectivity index (χ1n) is 6.94. The molecule has 0 bridgehead atoms. The zero-order valence-electron chi connectivity index (χ0n) is 11.7. The molecule has 0 radical (unpaired) electrons. The van der Waals surface area contributed by atoms with E-state index in [2.05, 4.69) is 16.0 Å². The van der Waals surface area contributed by atoms with Gasteiger partial charge in [-0.2, -0.15) is 0 Å². The molecular formula is C11H21N3O4S3. The topological polar surface area (TPSA) is 104 Å². The van der Waals surface area contributed by atoms with Crippen LogP contribution in [0.3, 0.4) is 0 Å². The van der Waals surface area contributed by atoms with Gasteiger partial charge in [-0.25, -0.2) is 16.8 Å². The largest absolute Gasteiger partial charge is 0.361 e. The molecule has 0 unspecified atom stereocenters. The molecule has 0 saturated carbocycles. The van der Waals surface area contributed by atoms with Crippen molar-refractivity contribution in [2.45, 2.75) is 24.9 Å². The number of hydrogen-bond donors (Lipinski definition) is 3. The lowest BCUT2D eigenvalue weighted by Gasteiger charge is -2.16. The maximum absolute atomic E-state index is 11.3. The van der Waals surface area contributed by atoms with E-state index in [1.165, 1.54) is 0 Å². The van der Waals surface area contributed by atoms with E-state index in [-0.39, 0.29) is 35.1 Å². The van der Waals surface area contributed by atoms with Crippen LogP contribution in [0.2, 0.25) is 0 Å². The van der Waals surface area contributed by atoms with E-state index in [1.807, 2.05) is 0 Å². The predicted molar refractivity (Wildman–Crippen MR) is 85.9 cm³/mol. The van der Waals surface area contributed by atoms with Crippen LogP contribution in [0.5, 0.6) is 0 Å². The third-order valence-electron chi connectivity index (χ3n) is 3.64. The highest BCUT2D eigenvalue weighted by Gasteiger charge is 2.28. The summed E-state index contributed by atoms with van der Waals surface area (Å²) < 4.78 is 45.2. The van der Waals surface area contributed by atoms with Crippen molar-refractivity contribution >= 4 is 37.0 Å². The van der Waals surface area contributed by atoms with Gasteiger partial charge in [0.05, 0.1) is 23.0 Å². The Morgan fingerprint density at radius 1 is 0.952 bits per heavy atom. The van der Waals surface area contributed by atoms with E-state index in [0.29, 0.717) is 31.0 Å². The summed E-state index contributed by atoms with van der Waals surface area (Å²) in [6, 6.07) is -0.0822. The van der Waals surface area contributed by atoms with Gasteiger partial charge in [-0.15, -0.1) is 0 Å². The molecule has 0 aromatic rings. The highest BCUT2D eigenvalue weighted by atomic mass is 32.2. The van der Waals surface area contributed by atoms with Gasteiger partial charge >= 0.3 is 0 Å². The molecule has 0 aromatic carbocycles. The second-order valence-electron chi connectivity index (χ2n) is 5.55. The zero-order valence-corrected chi connectivity index (χ0v) is 14.1. The van der Waals surface area contributed by atoms with Gasteiger partial charge in [-0.05, 0) is 25.1 Å².